The second kappa shape index (κ2) is 7.30. The van der Waals surface area contributed by atoms with Crippen LogP contribution in [0.1, 0.15) is 0 Å². The highest BCUT2D eigenvalue weighted by Crippen LogP contribution is 2.32. The van der Waals surface area contributed by atoms with E-state index in [1.165, 1.54) is 0 Å². The molecule has 6 nitrogen and oxygen atoms in total. The van der Waals surface area contributed by atoms with Crippen LogP contribution in [-0.4, -0.2) is 24.1 Å². The van der Waals surface area contributed by atoms with Crippen LogP contribution < -0.4 is 10.6 Å². The van der Waals surface area contributed by atoms with Crippen molar-refractivity contribution in [3.05, 3.63) is 87.7 Å². The third-order valence-corrected chi connectivity index (χ3v) is 5.74. The van der Waals surface area contributed by atoms with Crippen molar-refractivity contribution < 1.29 is 8.42 Å². The van der Waals surface area contributed by atoms with Crippen LogP contribution in [0.2, 0.25) is 0 Å². The zero-order valence-electron chi connectivity index (χ0n) is 16.9. The van der Waals surface area contributed by atoms with Gasteiger partial charge in [0.15, 0.2) is 5.43 Å². The van der Waals surface area contributed by atoms with Crippen molar-refractivity contribution in [3.63, 3.8) is 0 Å². The van der Waals surface area contributed by atoms with Crippen LogP contribution in [0.5, 0.6) is 0 Å². The maximum Gasteiger partial charge on any atom is 0.206 e. The Hall–Kier alpha value is -3.46. The SMILES string of the molecule is CS(N)(=O)=O.O=c1c2ccccc2c2cc3nc4ccccc4c(=S)n3c3cccc1c23. The van der Waals surface area contributed by atoms with Crippen LogP contribution in [0.15, 0.2) is 77.6 Å². The summed E-state index contributed by atoms with van der Waals surface area (Å²) in [6, 6.07) is 23.6. The molecule has 2 aromatic heterocycles. The molecule has 0 saturated heterocycles. The first kappa shape index (κ1) is 20.4. The van der Waals surface area contributed by atoms with Gasteiger partial charge in [-0.2, -0.15) is 0 Å². The molecule has 0 aliphatic carbocycles. The van der Waals surface area contributed by atoms with Crippen LogP contribution >= 0.6 is 12.2 Å². The molecule has 2 heterocycles. The predicted molar refractivity (Wildman–Crippen MR) is 133 cm³/mol. The number of benzene rings is 4. The minimum absolute atomic E-state index is 0.0586. The van der Waals surface area contributed by atoms with E-state index in [-0.39, 0.29) is 5.43 Å². The van der Waals surface area contributed by atoms with Crippen LogP contribution in [0.25, 0.3) is 49.0 Å². The van der Waals surface area contributed by atoms with Gasteiger partial charge in [-0.15, -0.1) is 0 Å². The average molecular weight is 460 g/mol. The Kier molecular flexibility index (Phi) is 4.67. The maximum absolute atomic E-state index is 13.1. The number of hydrogen-bond donors (Lipinski definition) is 1. The third-order valence-electron chi connectivity index (χ3n) is 5.33. The van der Waals surface area contributed by atoms with E-state index in [0.717, 1.165) is 55.3 Å². The molecule has 158 valence electrons. The van der Waals surface area contributed by atoms with Gasteiger partial charge < -0.3 is 0 Å². The molecule has 8 heteroatoms. The summed E-state index contributed by atoms with van der Waals surface area (Å²) in [6.07, 6.45) is 0.938. The third kappa shape index (κ3) is 3.29. The summed E-state index contributed by atoms with van der Waals surface area (Å²) >= 11 is 5.81. The van der Waals surface area contributed by atoms with Crippen molar-refractivity contribution in [2.75, 3.05) is 6.26 Å². The first-order valence-corrected chi connectivity index (χ1v) is 12.1. The molecule has 0 fully saturated rings. The van der Waals surface area contributed by atoms with Crippen LogP contribution in [0.3, 0.4) is 0 Å². The standard InChI is InChI=1S/C23H12N2OS.CH5NO2S/c26-22-14-7-2-1-6-13(14)17-12-20-24-18-10-4-3-8-15(18)23(27)25(20)19-11-5-9-16(22)21(17)19;1-5(2,3)4/h1-12H;1H3,(H2,2,3,4). The lowest BCUT2D eigenvalue weighted by molar-refractivity contribution is 0.603. The zero-order chi connectivity index (χ0) is 22.6. The van der Waals surface area contributed by atoms with E-state index in [9.17, 15) is 13.2 Å². The number of nitrogens with two attached hydrogens (primary N) is 1. The van der Waals surface area contributed by atoms with Crippen molar-refractivity contribution in [1.29, 1.82) is 0 Å². The maximum atomic E-state index is 13.1. The van der Waals surface area contributed by atoms with Crippen LogP contribution in [-0.2, 0) is 10.0 Å². The lowest BCUT2D eigenvalue weighted by Crippen LogP contribution is -2.07. The summed E-state index contributed by atoms with van der Waals surface area (Å²) < 4.78 is 21.5. The largest absolute Gasteiger partial charge is 0.289 e. The summed E-state index contributed by atoms with van der Waals surface area (Å²) in [6.45, 7) is 0. The predicted octanol–water partition coefficient (Wildman–Crippen LogP) is 4.38. The van der Waals surface area contributed by atoms with Gasteiger partial charge in [0.1, 0.15) is 10.3 Å². The lowest BCUT2D eigenvalue weighted by Gasteiger charge is -2.14. The fourth-order valence-corrected chi connectivity index (χ4v) is 4.52. The first-order valence-electron chi connectivity index (χ1n) is 9.73. The minimum atomic E-state index is -3.17. The number of pyridine rings is 1. The van der Waals surface area contributed by atoms with Crippen molar-refractivity contribution in [1.82, 2.24) is 9.38 Å². The quantitative estimate of drug-likeness (QED) is 0.207. The fourth-order valence-electron chi connectivity index (χ4n) is 4.15. The highest BCUT2D eigenvalue weighted by molar-refractivity contribution is 7.88. The van der Waals surface area contributed by atoms with E-state index >= 15 is 0 Å². The Morgan fingerprint density at radius 3 is 2.16 bits per heavy atom. The fraction of sp³-hybridized carbons (Fsp3) is 0.0417. The molecular formula is C24H17N3O3S2. The molecule has 32 heavy (non-hydrogen) atoms. The molecule has 4 aromatic carbocycles. The van der Waals surface area contributed by atoms with E-state index in [1.54, 1.807) is 0 Å². The Morgan fingerprint density at radius 2 is 1.44 bits per heavy atom. The molecule has 0 bridgehead atoms. The Morgan fingerprint density at radius 1 is 0.844 bits per heavy atom. The van der Waals surface area contributed by atoms with Crippen LogP contribution in [0, 0.1) is 4.64 Å². The van der Waals surface area contributed by atoms with E-state index in [0.29, 0.717) is 4.64 Å². The van der Waals surface area contributed by atoms with E-state index in [4.69, 9.17) is 17.2 Å². The Labute approximate surface area is 187 Å². The van der Waals surface area contributed by atoms with Gasteiger partial charge in [-0.05, 0) is 35.0 Å². The molecule has 6 aromatic rings. The molecule has 0 aliphatic heterocycles. The number of aromatic nitrogens is 2. The molecule has 2 N–H and O–H groups in total. The van der Waals surface area contributed by atoms with Crippen molar-refractivity contribution in [2.45, 2.75) is 0 Å². The first-order chi connectivity index (χ1) is 15.2. The van der Waals surface area contributed by atoms with E-state index in [2.05, 4.69) is 11.2 Å². The number of sulfonamides is 1. The van der Waals surface area contributed by atoms with Gasteiger partial charge >= 0.3 is 0 Å². The van der Waals surface area contributed by atoms with Gasteiger partial charge in [0.2, 0.25) is 10.0 Å². The topological polar surface area (TPSA) is 94.5 Å². The second-order valence-electron chi connectivity index (χ2n) is 7.59. The molecule has 0 unspecified atom stereocenters. The van der Waals surface area contributed by atoms with Gasteiger partial charge in [0.25, 0.3) is 0 Å². The number of hydrogen-bond acceptors (Lipinski definition) is 5. The molecule has 0 atom stereocenters. The molecule has 0 saturated carbocycles. The summed E-state index contributed by atoms with van der Waals surface area (Å²) in [5, 5.41) is 9.66. The zero-order valence-corrected chi connectivity index (χ0v) is 18.6. The van der Waals surface area contributed by atoms with Crippen LogP contribution in [0.4, 0.5) is 0 Å². The molecule has 0 spiro atoms. The number of nitrogens with zero attached hydrogens (tertiary/aromatic N) is 2. The van der Waals surface area contributed by atoms with E-state index in [1.807, 2.05) is 71.1 Å². The Bertz CT molecular complexity index is 1900. The Balaban J connectivity index is 0.000000393. The summed E-state index contributed by atoms with van der Waals surface area (Å²) in [4.78, 5) is 17.9. The molecule has 0 amide bonds. The second-order valence-corrected chi connectivity index (χ2v) is 9.64. The number of primary sulfonamides is 1. The van der Waals surface area contributed by atoms with Gasteiger partial charge in [0, 0.05) is 21.5 Å². The molecule has 6 rings (SSSR count). The molecule has 0 aliphatic rings. The summed E-state index contributed by atoms with van der Waals surface area (Å²) in [5.41, 5.74) is 2.65. The number of rotatable bonds is 0. The summed E-state index contributed by atoms with van der Waals surface area (Å²) in [7, 11) is -3.17. The number of fused-ring (bicyclic) bond motifs is 5. The van der Waals surface area contributed by atoms with Crippen molar-refractivity contribution in [2.24, 2.45) is 5.14 Å². The molecular weight excluding hydrogens is 442 g/mol. The summed E-state index contributed by atoms with van der Waals surface area (Å²) in [5.74, 6) is 0. The average Bonchev–Trinajstić information content (AvgIpc) is 2.76. The monoisotopic (exact) mass is 459 g/mol. The lowest BCUT2D eigenvalue weighted by atomic mass is 9.97. The van der Waals surface area contributed by atoms with Crippen molar-refractivity contribution >= 4 is 71.2 Å². The highest BCUT2D eigenvalue weighted by atomic mass is 32.2. The van der Waals surface area contributed by atoms with E-state index < -0.39 is 10.0 Å². The van der Waals surface area contributed by atoms with Crippen molar-refractivity contribution in [3.8, 4) is 0 Å². The number of para-hydroxylation sites is 1. The van der Waals surface area contributed by atoms with Gasteiger partial charge in [0.05, 0.1) is 17.3 Å². The van der Waals surface area contributed by atoms with Gasteiger partial charge in [-0.3, -0.25) is 9.20 Å². The normalized spacial score (nSPS) is 11.9. The van der Waals surface area contributed by atoms with Gasteiger partial charge in [-0.1, -0.05) is 60.7 Å². The van der Waals surface area contributed by atoms with Gasteiger partial charge in [-0.25, -0.2) is 18.5 Å². The minimum Gasteiger partial charge on any atom is -0.289 e. The molecule has 0 radical (unpaired) electrons. The smallest absolute Gasteiger partial charge is 0.206 e. The highest BCUT2D eigenvalue weighted by Gasteiger charge is 2.15.